The van der Waals surface area contributed by atoms with Gasteiger partial charge in [0.15, 0.2) is 5.82 Å². The molecule has 1 rings (SSSR count). The quantitative estimate of drug-likeness (QED) is 0.755. The fourth-order valence-corrected chi connectivity index (χ4v) is 1.16. The Morgan fingerprint density at radius 1 is 1.20 bits per heavy atom. The summed E-state index contributed by atoms with van der Waals surface area (Å²) in [7, 11) is 0. The Balaban J connectivity index is 2.89. The van der Waals surface area contributed by atoms with Gasteiger partial charge in [0.05, 0.1) is 5.88 Å². The fourth-order valence-electron chi connectivity index (χ4n) is 1.04. The van der Waals surface area contributed by atoms with Crippen LogP contribution in [0.1, 0.15) is 26.6 Å². The molecule has 1 heterocycles. The molecule has 1 aromatic heterocycles. The summed E-state index contributed by atoms with van der Waals surface area (Å²) in [5.74, 6) is 1.98. The summed E-state index contributed by atoms with van der Waals surface area (Å²) in [4.78, 5) is 12.5. The molecule has 0 aliphatic heterocycles. The van der Waals surface area contributed by atoms with Crippen LogP contribution >= 0.6 is 11.6 Å². The van der Waals surface area contributed by atoms with Crippen molar-refractivity contribution in [3.8, 4) is 0 Å². The highest BCUT2D eigenvalue weighted by atomic mass is 35.5. The van der Waals surface area contributed by atoms with E-state index in [2.05, 4.69) is 25.6 Å². The van der Waals surface area contributed by atoms with Gasteiger partial charge in [-0.25, -0.2) is 0 Å². The molecule has 0 amide bonds. The monoisotopic (exact) mass is 229 g/mol. The van der Waals surface area contributed by atoms with Crippen molar-refractivity contribution in [3.63, 3.8) is 0 Å². The summed E-state index contributed by atoms with van der Waals surface area (Å²) in [6.45, 7) is 6.81. The highest BCUT2D eigenvalue weighted by Gasteiger charge is 2.05. The van der Waals surface area contributed by atoms with Crippen LogP contribution in [0, 0.1) is 0 Å². The van der Waals surface area contributed by atoms with Crippen molar-refractivity contribution in [2.45, 2.75) is 32.7 Å². The molecule has 0 aromatic carbocycles. The molecule has 0 aliphatic carbocycles. The maximum Gasteiger partial charge on any atom is 0.227 e. The molecular weight excluding hydrogens is 214 g/mol. The first-order chi connectivity index (χ1) is 7.15. The average molecular weight is 230 g/mol. The lowest BCUT2D eigenvalue weighted by atomic mass is 10.4. The zero-order chi connectivity index (χ0) is 11.3. The number of alkyl halides is 1. The van der Waals surface area contributed by atoms with E-state index in [1.165, 1.54) is 0 Å². The zero-order valence-electron chi connectivity index (χ0n) is 9.21. The Morgan fingerprint density at radius 2 is 1.87 bits per heavy atom. The van der Waals surface area contributed by atoms with Gasteiger partial charge in [-0.15, -0.1) is 11.6 Å². The zero-order valence-corrected chi connectivity index (χ0v) is 9.97. The van der Waals surface area contributed by atoms with Crippen LogP contribution in [0.4, 0.5) is 11.9 Å². The predicted molar refractivity (Wildman–Crippen MR) is 62.3 cm³/mol. The van der Waals surface area contributed by atoms with E-state index >= 15 is 0 Å². The number of nitrogens with zero attached hydrogens (tertiary/aromatic N) is 3. The molecule has 0 fully saturated rings. The van der Waals surface area contributed by atoms with E-state index in [-0.39, 0.29) is 11.9 Å². The van der Waals surface area contributed by atoms with Crippen molar-refractivity contribution in [2.75, 3.05) is 17.2 Å². The predicted octanol–water partition coefficient (Wildman–Crippen LogP) is 1.86. The van der Waals surface area contributed by atoms with Gasteiger partial charge in [-0.2, -0.15) is 15.0 Å². The molecule has 5 nitrogen and oxygen atoms in total. The summed E-state index contributed by atoms with van der Waals surface area (Å²) < 4.78 is 0. The highest BCUT2D eigenvalue weighted by Crippen LogP contribution is 2.08. The molecule has 6 heteroatoms. The van der Waals surface area contributed by atoms with Gasteiger partial charge in [-0.1, -0.05) is 0 Å². The molecule has 0 saturated carbocycles. The smallest absolute Gasteiger partial charge is 0.227 e. The third kappa shape index (κ3) is 3.87. The first kappa shape index (κ1) is 12.0. The molecule has 84 valence electrons. The summed E-state index contributed by atoms with van der Waals surface area (Å²) in [5.41, 5.74) is 0. The van der Waals surface area contributed by atoms with Crippen LogP contribution in [-0.2, 0) is 5.88 Å². The van der Waals surface area contributed by atoms with Crippen molar-refractivity contribution in [2.24, 2.45) is 0 Å². The standard InChI is InChI=1S/C9H16ClN5/c1-4-11-8-13-7(5-10)14-9(15-8)12-6(2)3/h6H,4-5H2,1-3H3,(H2,11,12,13,14,15). The molecule has 0 atom stereocenters. The van der Waals surface area contributed by atoms with Crippen molar-refractivity contribution in [3.05, 3.63) is 5.82 Å². The maximum atomic E-state index is 5.70. The van der Waals surface area contributed by atoms with E-state index in [1.54, 1.807) is 0 Å². The van der Waals surface area contributed by atoms with E-state index in [0.717, 1.165) is 6.54 Å². The number of halogens is 1. The number of hydrogen-bond donors (Lipinski definition) is 2. The SMILES string of the molecule is CCNc1nc(CCl)nc(NC(C)C)n1. The normalized spacial score (nSPS) is 10.5. The Labute approximate surface area is 94.7 Å². The lowest BCUT2D eigenvalue weighted by Crippen LogP contribution is -2.15. The summed E-state index contributed by atoms with van der Waals surface area (Å²) in [6, 6.07) is 0.282. The van der Waals surface area contributed by atoms with E-state index in [9.17, 15) is 0 Å². The fraction of sp³-hybridized carbons (Fsp3) is 0.667. The van der Waals surface area contributed by atoms with Gasteiger partial charge in [0, 0.05) is 12.6 Å². The van der Waals surface area contributed by atoms with Crippen LogP contribution in [0.3, 0.4) is 0 Å². The van der Waals surface area contributed by atoms with Gasteiger partial charge in [-0.05, 0) is 20.8 Å². The van der Waals surface area contributed by atoms with Gasteiger partial charge in [0.1, 0.15) is 0 Å². The molecule has 1 aromatic rings. The Bertz CT molecular complexity index is 315. The van der Waals surface area contributed by atoms with Crippen LogP contribution in [0.2, 0.25) is 0 Å². The van der Waals surface area contributed by atoms with Gasteiger partial charge in [0.25, 0.3) is 0 Å². The minimum atomic E-state index is 0.282. The third-order valence-corrected chi connectivity index (χ3v) is 1.79. The molecule has 0 bridgehead atoms. The van der Waals surface area contributed by atoms with E-state index in [0.29, 0.717) is 17.7 Å². The average Bonchev–Trinajstić information content (AvgIpc) is 2.16. The summed E-state index contributed by atoms with van der Waals surface area (Å²) in [5, 5.41) is 6.15. The number of nitrogens with one attached hydrogen (secondary N) is 2. The topological polar surface area (TPSA) is 62.7 Å². The van der Waals surface area contributed by atoms with Crippen molar-refractivity contribution in [1.29, 1.82) is 0 Å². The molecule has 2 N–H and O–H groups in total. The van der Waals surface area contributed by atoms with Gasteiger partial charge in [0.2, 0.25) is 11.9 Å². The second-order valence-electron chi connectivity index (χ2n) is 3.36. The van der Waals surface area contributed by atoms with E-state index < -0.39 is 0 Å². The van der Waals surface area contributed by atoms with Crippen LogP contribution in [0.25, 0.3) is 0 Å². The summed E-state index contributed by atoms with van der Waals surface area (Å²) in [6.07, 6.45) is 0. The van der Waals surface area contributed by atoms with Crippen molar-refractivity contribution >= 4 is 23.5 Å². The highest BCUT2D eigenvalue weighted by molar-refractivity contribution is 6.16. The van der Waals surface area contributed by atoms with Crippen LogP contribution < -0.4 is 10.6 Å². The lowest BCUT2D eigenvalue weighted by molar-refractivity contribution is 0.853. The molecule has 0 unspecified atom stereocenters. The molecule has 0 radical (unpaired) electrons. The van der Waals surface area contributed by atoms with Crippen LogP contribution in [-0.4, -0.2) is 27.5 Å². The molecule has 0 spiro atoms. The lowest BCUT2D eigenvalue weighted by Gasteiger charge is -2.10. The van der Waals surface area contributed by atoms with E-state index in [4.69, 9.17) is 11.6 Å². The van der Waals surface area contributed by atoms with Crippen molar-refractivity contribution in [1.82, 2.24) is 15.0 Å². The van der Waals surface area contributed by atoms with Crippen molar-refractivity contribution < 1.29 is 0 Å². The molecule has 0 aliphatic rings. The summed E-state index contributed by atoms with van der Waals surface area (Å²) >= 11 is 5.70. The molecule has 0 saturated heterocycles. The first-order valence-electron chi connectivity index (χ1n) is 4.97. The second kappa shape index (κ2) is 5.70. The Kier molecular flexibility index (Phi) is 4.55. The largest absolute Gasteiger partial charge is 0.354 e. The maximum absolute atomic E-state index is 5.70. The third-order valence-electron chi connectivity index (χ3n) is 1.55. The van der Waals surface area contributed by atoms with Gasteiger partial charge in [-0.3, -0.25) is 0 Å². The molecule has 15 heavy (non-hydrogen) atoms. The minimum absolute atomic E-state index is 0.282. The number of anilines is 2. The first-order valence-corrected chi connectivity index (χ1v) is 5.50. The Morgan fingerprint density at radius 3 is 2.40 bits per heavy atom. The van der Waals surface area contributed by atoms with E-state index in [1.807, 2.05) is 20.8 Å². The minimum Gasteiger partial charge on any atom is -0.354 e. The van der Waals surface area contributed by atoms with Crippen LogP contribution in [0.5, 0.6) is 0 Å². The van der Waals surface area contributed by atoms with Gasteiger partial charge < -0.3 is 10.6 Å². The number of rotatable bonds is 5. The number of aromatic nitrogens is 3. The number of hydrogen-bond acceptors (Lipinski definition) is 5. The van der Waals surface area contributed by atoms with Gasteiger partial charge >= 0.3 is 0 Å². The molecular formula is C9H16ClN5. The Hall–Kier alpha value is -1.10. The van der Waals surface area contributed by atoms with Crippen LogP contribution in [0.15, 0.2) is 0 Å². The second-order valence-corrected chi connectivity index (χ2v) is 3.63.